The van der Waals surface area contributed by atoms with Crippen molar-refractivity contribution in [1.29, 1.82) is 0 Å². The molecule has 4 nitrogen and oxygen atoms in total. The average Bonchev–Trinajstić information content (AvgIpc) is 3.26. The quantitative estimate of drug-likeness (QED) is 0.710. The molecule has 2 aliphatic rings. The fourth-order valence-corrected chi connectivity index (χ4v) is 3.11. The molecular formula is C15H25NO3. The van der Waals surface area contributed by atoms with Crippen LogP contribution in [0.3, 0.4) is 0 Å². The number of carboxylic acid groups (broad SMARTS) is 1. The van der Waals surface area contributed by atoms with E-state index in [1.165, 1.54) is 25.7 Å². The van der Waals surface area contributed by atoms with Gasteiger partial charge in [0, 0.05) is 13.0 Å². The third kappa shape index (κ3) is 2.93. The highest BCUT2D eigenvalue weighted by Crippen LogP contribution is 2.60. The highest BCUT2D eigenvalue weighted by Gasteiger charge is 2.53. The summed E-state index contributed by atoms with van der Waals surface area (Å²) in [5.74, 6) is -0.136. The van der Waals surface area contributed by atoms with E-state index in [0.29, 0.717) is 18.3 Å². The van der Waals surface area contributed by atoms with Crippen LogP contribution in [0.4, 0.5) is 0 Å². The normalized spacial score (nSPS) is 20.9. The van der Waals surface area contributed by atoms with Gasteiger partial charge in [-0.15, -0.1) is 0 Å². The van der Waals surface area contributed by atoms with Gasteiger partial charge in [0.15, 0.2) is 0 Å². The van der Waals surface area contributed by atoms with E-state index in [4.69, 9.17) is 0 Å². The Morgan fingerprint density at radius 1 is 1.26 bits per heavy atom. The molecule has 2 rings (SSSR count). The van der Waals surface area contributed by atoms with Crippen LogP contribution in [0.15, 0.2) is 0 Å². The van der Waals surface area contributed by atoms with Crippen LogP contribution in [0, 0.1) is 16.7 Å². The summed E-state index contributed by atoms with van der Waals surface area (Å²) >= 11 is 0. The van der Waals surface area contributed by atoms with Gasteiger partial charge in [-0.25, -0.2) is 0 Å². The van der Waals surface area contributed by atoms with Crippen LogP contribution >= 0.6 is 0 Å². The van der Waals surface area contributed by atoms with E-state index in [-0.39, 0.29) is 12.3 Å². The molecule has 0 aromatic rings. The summed E-state index contributed by atoms with van der Waals surface area (Å²) in [6.07, 6.45) is 6.17. The van der Waals surface area contributed by atoms with Gasteiger partial charge >= 0.3 is 5.97 Å². The zero-order valence-electron chi connectivity index (χ0n) is 12.0. The second kappa shape index (κ2) is 5.14. The number of carbonyl (C=O) groups is 2. The van der Waals surface area contributed by atoms with Gasteiger partial charge in [-0.3, -0.25) is 9.59 Å². The molecule has 2 fully saturated rings. The molecule has 2 saturated carbocycles. The lowest BCUT2D eigenvalue weighted by Gasteiger charge is -2.26. The predicted octanol–water partition coefficient (Wildman–Crippen LogP) is 2.57. The van der Waals surface area contributed by atoms with Crippen molar-refractivity contribution in [1.82, 2.24) is 5.32 Å². The van der Waals surface area contributed by atoms with Crippen molar-refractivity contribution in [3.8, 4) is 0 Å². The van der Waals surface area contributed by atoms with Crippen molar-refractivity contribution in [2.45, 2.75) is 58.8 Å². The van der Waals surface area contributed by atoms with Crippen molar-refractivity contribution in [2.24, 2.45) is 16.7 Å². The molecule has 0 aromatic heterocycles. The molecule has 19 heavy (non-hydrogen) atoms. The minimum absolute atomic E-state index is 0.0991. The van der Waals surface area contributed by atoms with E-state index < -0.39 is 11.4 Å². The molecule has 2 N–H and O–H groups in total. The largest absolute Gasteiger partial charge is 0.481 e. The monoisotopic (exact) mass is 267 g/mol. The van der Waals surface area contributed by atoms with Gasteiger partial charge < -0.3 is 10.4 Å². The summed E-state index contributed by atoms with van der Waals surface area (Å²) in [7, 11) is 0. The molecule has 0 radical (unpaired) electrons. The molecule has 0 aromatic carbocycles. The minimum atomic E-state index is -0.889. The molecule has 4 heteroatoms. The van der Waals surface area contributed by atoms with Gasteiger partial charge in [0.25, 0.3) is 0 Å². The van der Waals surface area contributed by atoms with Crippen LogP contribution in [-0.2, 0) is 9.59 Å². The van der Waals surface area contributed by atoms with Crippen molar-refractivity contribution in [3.63, 3.8) is 0 Å². The van der Waals surface area contributed by atoms with Crippen LogP contribution in [-0.4, -0.2) is 23.5 Å². The standard InChI is InChI=1S/C15H25NO3/c1-3-14(4-2,13(18)19)9-12(17)16-10-15(7-8-15)11-5-6-11/h11H,3-10H2,1-2H3,(H,16,17)(H,18,19). The van der Waals surface area contributed by atoms with Crippen molar-refractivity contribution in [3.05, 3.63) is 0 Å². The Morgan fingerprint density at radius 3 is 2.21 bits per heavy atom. The lowest BCUT2D eigenvalue weighted by Crippen LogP contribution is -2.39. The van der Waals surface area contributed by atoms with Gasteiger partial charge in [-0.05, 0) is 49.9 Å². The maximum atomic E-state index is 12.0. The Bertz CT molecular complexity index is 366. The van der Waals surface area contributed by atoms with E-state index in [9.17, 15) is 14.7 Å². The Hall–Kier alpha value is -1.06. The Balaban J connectivity index is 1.84. The van der Waals surface area contributed by atoms with Crippen molar-refractivity contribution in [2.75, 3.05) is 6.54 Å². The molecule has 2 aliphatic carbocycles. The summed E-state index contributed by atoms with van der Waals surface area (Å²) < 4.78 is 0. The van der Waals surface area contributed by atoms with Gasteiger partial charge in [-0.2, -0.15) is 0 Å². The molecular weight excluding hydrogens is 242 g/mol. The van der Waals surface area contributed by atoms with Gasteiger partial charge in [0.1, 0.15) is 0 Å². The summed E-state index contributed by atoms with van der Waals surface area (Å²) in [5.41, 5.74) is -0.514. The second-order valence-corrected chi connectivity index (χ2v) is 6.38. The zero-order chi connectivity index (χ0) is 14.1. The lowest BCUT2D eigenvalue weighted by atomic mass is 9.79. The molecule has 1 amide bonds. The summed E-state index contributed by atoms with van der Waals surface area (Å²) in [4.78, 5) is 23.4. The van der Waals surface area contributed by atoms with Crippen LogP contribution in [0.1, 0.15) is 58.8 Å². The predicted molar refractivity (Wildman–Crippen MR) is 72.7 cm³/mol. The minimum Gasteiger partial charge on any atom is -0.481 e. The van der Waals surface area contributed by atoms with Crippen molar-refractivity contribution < 1.29 is 14.7 Å². The third-order valence-electron chi connectivity index (χ3n) is 5.28. The van der Waals surface area contributed by atoms with E-state index in [2.05, 4.69) is 5.32 Å². The summed E-state index contributed by atoms with van der Waals surface area (Å²) in [6.45, 7) is 4.44. The van der Waals surface area contributed by atoms with Crippen LogP contribution in [0.5, 0.6) is 0 Å². The smallest absolute Gasteiger partial charge is 0.310 e. The van der Waals surface area contributed by atoms with E-state index in [1.54, 1.807) is 0 Å². The number of hydrogen-bond donors (Lipinski definition) is 2. The number of carbonyl (C=O) groups excluding carboxylic acids is 1. The van der Waals surface area contributed by atoms with E-state index >= 15 is 0 Å². The number of carboxylic acids is 1. The molecule has 0 aliphatic heterocycles. The van der Waals surface area contributed by atoms with Gasteiger partial charge in [0.05, 0.1) is 5.41 Å². The van der Waals surface area contributed by atoms with E-state index in [1.807, 2.05) is 13.8 Å². The van der Waals surface area contributed by atoms with Crippen LogP contribution in [0.2, 0.25) is 0 Å². The lowest BCUT2D eigenvalue weighted by molar-refractivity contribution is -0.152. The molecule has 0 saturated heterocycles. The number of nitrogens with one attached hydrogen (secondary N) is 1. The Labute approximate surface area is 115 Å². The molecule has 0 atom stereocenters. The first-order valence-electron chi connectivity index (χ1n) is 7.48. The maximum absolute atomic E-state index is 12.0. The zero-order valence-corrected chi connectivity index (χ0v) is 12.0. The summed E-state index contributed by atoms with van der Waals surface area (Å²) in [5, 5.41) is 12.3. The fraction of sp³-hybridized carbons (Fsp3) is 0.867. The highest BCUT2D eigenvalue weighted by molar-refractivity contribution is 5.84. The second-order valence-electron chi connectivity index (χ2n) is 6.38. The van der Waals surface area contributed by atoms with Gasteiger partial charge in [-0.1, -0.05) is 13.8 Å². The third-order valence-corrected chi connectivity index (χ3v) is 5.28. The maximum Gasteiger partial charge on any atom is 0.310 e. The number of aliphatic carboxylic acids is 1. The first-order chi connectivity index (χ1) is 8.98. The molecule has 0 spiro atoms. The first-order valence-corrected chi connectivity index (χ1v) is 7.48. The Kier molecular flexibility index (Phi) is 3.88. The fourth-order valence-electron chi connectivity index (χ4n) is 3.11. The summed E-state index contributed by atoms with van der Waals surface area (Å²) in [6, 6.07) is 0. The van der Waals surface area contributed by atoms with Gasteiger partial charge in [0.2, 0.25) is 5.91 Å². The SMILES string of the molecule is CCC(CC)(CC(=O)NCC1(C2CC2)CC1)C(=O)O. The molecule has 0 bridgehead atoms. The number of amides is 1. The highest BCUT2D eigenvalue weighted by atomic mass is 16.4. The molecule has 0 heterocycles. The topological polar surface area (TPSA) is 66.4 Å². The molecule has 0 unspecified atom stereocenters. The van der Waals surface area contributed by atoms with Crippen molar-refractivity contribution >= 4 is 11.9 Å². The first kappa shape index (κ1) is 14.4. The molecule has 108 valence electrons. The van der Waals surface area contributed by atoms with Crippen LogP contribution in [0.25, 0.3) is 0 Å². The number of hydrogen-bond acceptors (Lipinski definition) is 2. The Morgan fingerprint density at radius 2 is 1.84 bits per heavy atom. The number of rotatable bonds is 8. The average molecular weight is 267 g/mol. The van der Waals surface area contributed by atoms with Crippen LogP contribution < -0.4 is 5.32 Å². The van der Waals surface area contributed by atoms with E-state index in [0.717, 1.165) is 12.5 Å².